The van der Waals surface area contributed by atoms with Crippen molar-refractivity contribution in [3.05, 3.63) is 71.8 Å². The normalized spacial score (nSPS) is 15.9. The Labute approximate surface area is 120 Å². The fourth-order valence-corrected chi connectivity index (χ4v) is 2.58. The molecule has 1 aliphatic heterocycles. The molecule has 0 unspecified atom stereocenters. The summed E-state index contributed by atoms with van der Waals surface area (Å²) >= 11 is 0. The first-order valence-electron chi connectivity index (χ1n) is 6.36. The van der Waals surface area contributed by atoms with Crippen LogP contribution in [0.15, 0.2) is 60.7 Å². The number of likely N-dealkylation sites (tertiary alicyclic amines) is 1. The minimum atomic E-state index is -0.167. The Morgan fingerprint density at radius 1 is 0.842 bits per heavy atom. The van der Waals surface area contributed by atoms with Gasteiger partial charge in [0.2, 0.25) is 0 Å². The molecule has 1 fully saturated rings. The Hall–Kier alpha value is -1.35. The number of aliphatic hydroxyl groups excluding tert-OH is 1. The number of benzene rings is 2. The van der Waals surface area contributed by atoms with E-state index in [1.54, 1.807) is 0 Å². The van der Waals surface area contributed by atoms with E-state index in [4.69, 9.17) is 0 Å². The van der Waals surface area contributed by atoms with E-state index in [1.165, 1.54) is 11.1 Å². The maximum Gasteiger partial charge on any atom is 0.0794 e. The standard InChI is InChI=1S/C16H17NO.ClH/c18-15-11-17(12-15)16(13-7-3-1-4-8-13)14-9-5-2-6-10-14;/h1-10,15-16,18H,11-12H2;1H/p-1. The highest BCUT2D eigenvalue weighted by Crippen LogP contribution is 2.31. The summed E-state index contributed by atoms with van der Waals surface area (Å²) in [5, 5.41) is 9.52. The average molecular weight is 275 g/mol. The van der Waals surface area contributed by atoms with Crippen LogP contribution in [0.4, 0.5) is 0 Å². The molecule has 0 bridgehead atoms. The highest BCUT2D eigenvalue weighted by Gasteiger charge is 2.32. The van der Waals surface area contributed by atoms with Gasteiger partial charge >= 0.3 is 0 Å². The molecule has 19 heavy (non-hydrogen) atoms. The second-order valence-corrected chi connectivity index (χ2v) is 4.83. The van der Waals surface area contributed by atoms with E-state index < -0.39 is 0 Å². The Balaban J connectivity index is 0.00000133. The summed E-state index contributed by atoms with van der Waals surface area (Å²) < 4.78 is 0. The molecule has 3 rings (SSSR count). The minimum Gasteiger partial charge on any atom is -1.00 e. The lowest BCUT2D eigenvalue weighted by Crippen LogP contribution is -3.00. The number of nitrogens with zero attached hydrogens (tertiary/aromatic N) is 1. The molecule has 3 heteroatoms. The van der Waals surface area contributed by atoms with E-state index in [1.807, 2.05) is 12.1 Å². The summed E-state index contributed by atoms with van der Waals surface area (Å²) in [6.45, 7) is 1.52. The van der Waals surface area contributed by atoms with E-state index in [-0.39, 0.29) is 24.6 Å². The van der Waals surface area contributed by atoms with Gasteiger partial charge in [-0.3, -0.25) is 4.90 Å². The lowest BCUT2D eigenvalue weighted by molar-refractivity contribution is -0.0160. The molecule has 2 aromatic rings. The van der Waals surface area contributed by atoms with Crippen LogP contribution < -0.4 is 12.4 Å². The van der Waals surface area contributed by atoms with Crippen LogP contribution in [0.1, 0.15) is 17.2 Å². The van der Waals surface area contributed by atoms with Crippen molar-refractivity contribution in [1.29, 1.82) is 0 Å². The quantitative estimate of drug-likeness (QED) is 0.813. The van der Waals surface area contributed by atoms with Crippen molar-refractivity contribution in [2.45, 2.75) is 12.1 Å². The van der Waals surface area contributed by atoms with Gasteiger partial charge in [-0.15, -0.1) is 0 Å². The molecule has 2 nitrogen and oxygen atoms in total. The molecule has 1 N–H and O–H groups in total. The predicted molar refractivity (Wildman–Crippen MR) is 72.3 cm³/mol. The van der Waals surface area contributed by atoms with Crippen LogP contribution in [0.2, 0.25) is 0 Å². The van der Waals surface area contributed by atoms with Gasteiger partial charge in [0.05, 0.1) is 12.1 Å². The molecule has 0 saturated carbocycles. The third kappa shape index (κ3) is 2.98. The van der Waals surface area contributed by atoms with Gasteiger partial charge in [-0.25, -0.2) is 0 Å². The molecular formula is C16H17ClNO-. The van der Waals surface area contributed by atoms with Gasteiger partial charge in [0.1, 0.15) is 0 Å². The zero-order valence-corrected chi connectivity index (χ0v) is 11.4. The van der Waals surface area contributed by atoms with Crippen molar-refractivity contribution >= 4 is 0 Å². The fourth-order valence-electron chi connectivity index (χ4n) is 2.58. The van der Waals surface area contributed by atoms with Crippen molar-refractivity contribution in [3.63, 3.8) is 0 Å². The van der Waals surface area contributed by atoms with Crippen LogP contribution in [-0.2, 0) is 0 Å². The maximum atomic E-state index is 9.52. The van der Waals surface area contributed by atoms with Gasteiger partial charge in [-0.2, -0.15) is 0 Å². The Bertz CT molecular complexity index is 457. The molecule has 100 valence electrons. The first-order valence-corrected chi connectivity index (χ1v) is 6.36. The van der Waals surface area contributed by atoms with E-state index in [2.05, 4.69) is 53.4 Å². The van der Waals surface area contributed by atoms with Gasteiger partial charge in [0, 0.05) is 13.1 Å². The average Bonchev–Trinajstić information content (AvgIpc) is 2.40. The third-order valence-corrected chi connectivity index (χ3v) is 3.49. The monoisotopic (exact) mass is 274 g/mol. The van der Waals surface area contributed by atoms with Gasteiger partial charge < -0.3 is 17.5 Å². The smallest absolute Gasteiger partial charge is 0.0794 e. The fraction of sp³-hybridized carbons (Fsp3) is 0.250. The highest BCUT2D eigenvalue weighted by molar-refractivity contribution is 5.32. The number of hydrogen-bond donors (Lipinski definition) is 1. The van der Waals surface area contributed by atoms with Gasteiger partial charge in [-0.05, 0) is 11.1 Å². The molecule has 0 aromatic heterocycles. The van der Waals surface area contributed by atoms with Crippen LogP contribution in [-0.4, -0.2) is 29.2 Å². The van der Waals surface area contributed by atoms with Crippen molar-refractivity contribution in [2.24, 2.45) is 0 Å². The van der Waals surface area contributed by atoms with Crippen LogP contribution in [0, 0.1) is 0 Å². The summed E-state index contributed by atoms with van der Waals surface area (Å²) in [4.78, 5) is 2.31. The number of hydrogen-bond acceptors (Lipinski definition) is 2. The third-order valence-electron chi connectivity index (χ3n) is 3.49. The topological polar surface area (TPSA) is 23.5 Å². The molecular weight excluding hydrogens is 258 g/mol. The van der Waals surface area contributed by atoms with E-state index >= 15 is 0 Å². The maximum absolute atomic E-state index is 9.52. The van der Waals surface area contributed by atoms with Crippen LogP contribution >= 0.6 is 0 Å². The molecule has 0 aliphatic carbocycles. The minimum absolute atomic E-state index is 0. The zero-order valence-electron chi connectivity index (χ0n) is 10.6. The second-order valence-electron chi connectivity index (χ2n) is 4.83. The number of β-amino-alcohol motifs (C(OH)–C–C–N with tert-alkyl or cyclic N) is 1. The van der Waals surface area contributed by atoms with Crippen molar-refractivity contribution in [1.82, 2.24) is 4.90 Å². The van der Waals surface area contributed by atoms with Crippen molar-refractivity contribution < 1.29 is 17.5 Å². The molecule has 0 spiro atoms. The Kier molecular flexibility index (Phi) is 4.59. The molecule has 0 atom stereocenters. The molecule has 2 aromatic carbocycles. The van der Waals surface area contributed by atoms with E-state index in [0.29, 0.717) is 0 Å². The largest absolute Gasteiger partial charge is 1.00 e. The molecule has 0 amide bonds. The van der Waals surface area contributed by atoms with Gasteiger partial charge in [-0.1, -0.05) is 60.7 Å². The van der Waals surface area contributed by atoms with Crippen LogP contribution in [0.5, 0.6) is 0 Å². The van der Waals surface area contributed by atoms with E-state index in [0.717, 1.165) is 13.1 Å². The lowest BCUT2D eigenvalue weighted by Gasteiger charge is -2.42. The molecule has 1 aliphatic rings. The molecule has 0 radical (unpaired) electrons. The van der Waals surface area contributed by atoms with Gasteiger partial charge in [0.25, 0.3) is 0 Å². The number of halogens is 1. The van der Waals surface area contributed by atoms with Crippen LogP contribution in [0.3, 0.4) is 0 Å². The first kappa shape index (κ1) is 14.1. The predicted octanol–water partition coefficient (Wildman–Crippen LogP) is -0.543. The van der Waals surface area contributed by atoms with Crippen molar-refractivity contribution in [2.75, 3.05) is 13.1 Å². The molecule has 1 saturated heterocycles. The van der Waals surface area contributed by atoms with Crippen LogP contribution in [0.25, 0.3) is 0 Å². The summed E-state index contributed by atoms with van der Waals surface area (Å²) in [7, 11) is 0. The Morgan fingerprint density at radius 3 is 1.63 bits per heavy atom. The summed E-state index contributed by atoms with van der Waals surface area (Å²) in [6.07, 6.45) is -0.167. The SMILES string of the molecule is OC1CN(C(c2ccccc2)c2ccccc2)C1.[Cl-]. The number of aliphatic hydroxyl groups is 1. The van der Waals surface area contributed by atoms with E-state index in [9.17, 15) is 5.11 Å². The Morgan fingerprint density at radius 2 is 1.26 bits per heavy atom. The highest BCUT2D eigenvalue weighted by atomic mass is 35.5. The lowest BCUT2D eigenvalue weighted by atomic mass is 9.94. The summed E-state index contributed by atoms with van der Waals surface area (Å²) in [6, 6.07) is 21.2. The number of rotatable bonds is 3. The summed E-state index contributed by atoms with van der Waals surface area (Å²) in [5.74, 6) is 0. The zero-order chi connectivity index (χ0) is 12.4. The summed E-state index contributed by atoms with van der Waals surface area (Å²) in [5.41, 5.74) is 2.58. The second kappa shape index (κ2) is 6.20. The first-order chi connectivity index (χ1) is 8.84. The molecule has 1 heterocycles. The van der Waals surface area contributed by atoms with Crippen molar-refractivity contribution in [3.8, 4) is 0 Å². The van der Waals surface area contributed by atoms with Gasteiger partial charge in [0.15, 0.2) is 0 Å².